The van der Waals surface area contributed by atoms with Crippen molar-refractivity contribution >= 4 is 28.3 Å². The minimum atomic E-state index is -1.65. The number of pyridine rings is 1. The second-order valence-electron chi connectivity index (χ2n) is 12.5. The number of aromatic hydroxyl groups is 1. The molecule has 47 heavy (non-hydrogen) atoms. The molecule has 1 saturated heterocycles. The second-order valence-corrected chi connectivity index (χ2v) is 12.5. The van der Waals surface area contributed by atoms with Crippen molar-refractivity contribution in [3.8, 4) is 22.6 Å². The molecule has 0 spiro atoms. The van der Waals surface area contributed by atoms with Crippen molar-refractivity contribution in [2.24, 2.45) is 0 Å². The summed E-state index contributed by atoms with van der Waals surface area (Å²) in [6.45, 7) is 11.4. The van der Waals surface area contributed by atoms with Crippen LogP contribution >= 0.6 is 0 Å². The maximum absolute atomic E-state index is 17.3. The number of halogens is 4. The molecule has 4 aromatic rings. The number of phenols is 1. The van der Waals surface area contributed by atoms with E-state index in [4.69, 9.17) is 0 Å². The number of rotatable bonds is 4. The van der Waals surface area contributed by atoms with Crippen LogP contribution in [0, 0.1) is 30.2 Å². The summed E-state index contributed by atoms with van der Waals surface area (Å²) in [7, 11) is 1.56. The van der Waals surface area contributed by atoms with Crippen molar-refractivity contribution in [2.75, 3.05) is 36.5 Å². The molecule has 2 aromatic heterocycles. The fraction of sp³-hybridized carbons (Fsp3) is 0.353. The van der Waals surface area contributed by atoms with Gasteiger partial charge in [0.15, 0.2) is 23.3 Å². The lowest BCUT2D eigenvalue weighted by molar-refractivity contribution is -0.128. The molecular formula is C34H34F4N6O3. The van der Waals surface area contributed by atoms with E-state index in [-0.39, 0.29) is 60.1 Å². The standard InChI is InChI=1S/C34H34F4N6O3/c1-7-22(46)42-15-19-11-13-41(6)31-25-32(28(38)24(27(31)37)23-21(45)9-8-20(35)26(23)36)44(30-17(4)10-12-39-29(30)16(2)3)34(47)40-33(25)43(19)14-18(42)5/h7-10,12,16,18-19,45H,1,11,13-15H2,2-6H3. The highest BCUT2D eigenvalue weighted by Gasteiger charge is 2.40. The number of benzene rings is 2. The first-order valence-electron chi connectivity index (χ1n) is 15.3. The lowest BCUT2D eigenvalue weighted by Gasteiger charge is -2.47. The SMILES string of the molecule is C=CC(=O)N1CC2CCN(C)c3c(F)c(-c4c(O)ccc(F)c4F)c(F)c4c3c(nc(=O)n4-c3c(C)ccnc3C(C)C)N2CC1C. The first-order valence-corrected chi connectivity index (χ1v) is 15.3. The van der Waals surface area contributed by atoms with Crippen LogP contribution < -0.4 is 15.5 Å². The summed E-state index contributed by atoms with van der Waals surface area (Å²) < 4.78 is 65.3. The summed E-state index contributed by atoms with van der Waals surface area (Å²) in [6, 6.07) is 2.33. The first-order chi connectivity index (χ1) is 22.3. The predicted molar refractivity (Wildman–Crippen MR) is 171 cm³/mol. The molecule has 2 aromatic carbocycles. The summed E-state index contributed by atoms with van der Waals surface area (Å²) in [6.07, 6.45) is 3.16. The van der Waals surface area contributed by atoms with Gasteiger partial charge in [0.1, 0.15) is 17.1 Å². The van der Waals surface area contributed by atoms with Crippen molar-refractivity contribution in [3.05, 3.63) is 82.1 Å². The number of carbonyl (C=O) groups is 1. The molecule has 0 aliphatic carbocycles. The van der Waals surface area contributed by atoms with Gasteiger partial charge in [0.25, 0.3) is 0 Å². The zero-order valence-corrected chi connectivity index (χ0v) is 26.6. The van der Waals surface area contributed by atoms with E-state index in [0.29, 0.717) is 23.7 Å². The minimum absolute atomic E-state index is 0.00808. The molecule has 1 fully saturated rings. The largest absolute Gasteiger partial charge is 0.507 e. The van der Waals surface area contributed by atoms with E-state index in [1.807, 2.05) is 20.8 Å². The lowest BCUT2D eigenvalue weighted by atomic mass is 9.95. The number of fused-ring (bicyclic) bond motifs is 2. The zero-order chi connectivity index (χ0) is 34.1. The highest BCUT2D eigenvalue weighted by molar-refractivity contribution is 6.05. The number of aryl methyl sites for hydroxylation is 1. The van der Waals surface area contributed by atoms with Gasteiger partial charge in [0, 0.05) is 45.0 Å². The Bertz CT molecular complexity index is 2030. The molecular weight excluding hydrogens is 616 g/mol. The van der Waals surface area contributed by atoms with Gasteiger partial charge in [-0.15, -0.1) is 0 Å². The van der Waals surface area contributed by atoms with Crippen LogP contribution in [0.3, 0.4) is 0 Å². The van der Waals surface area contributed by atoms with Crippen molar-refractivity contribution in [1.82, 2.24) is 19.4 Å². The number of nitrogens with zero attached hydrogens (tertiary/aromatic N) is 6. The molecule has 2 atom stereocenters. The predicted octanol–water partition coefficient (Wildman–Crippen LogP) is 5.57. The smallest absolute Gasteiger partial charge is 0.354 e. The van der Waals surface area contributed by atoms with E-state index < -0.39 is 57.4 Å². The fourth-order valence-electron chi connectivity index (χ4n) is 6.86. The zero-order valence-electron chi connectivity index (χ0n) is 26.6. The molecule has 0 bridgehead atoms. The molecule has 13 heteroatoms. The van der Waals surface area contributed by atoms with E-state index in [0.717, 1.165) is 10.6 Å². The van der Waals surface area contributed by atoms with E-state index in [1.165, 1.54) is 11.0 Å². The summed E-state index contributed by atoms with van der Waals surface area (Å²) in [5, 5.41) is 10.6. The van der Waals surface area contributed by atoms with Gasteiger partial charge in [0.2, 0.25) is 5.91 Å². The monoisotopic (exact) mass is 650 g/mol. The molecule has 4 heterocycles. The van der Waals surface area contributed by atoms with E-state index in [2.05, 4.69) is 16.5 Å². The molecule has 1 amide bonds. The van der Waals surface area contributed by atoms with Gasteiger partial charge < -0.3 is 19.8 Å². The van der Waals surface area contributed by atoms with Gasteiger partial charge in [-0.3, -0.25) is 14.3 Å². The van der Waals surface area contributed by atoms with Gasteiger partial charge in [0.05, 0.1) is 33.6 Å². The van der Waals surface area contributed by atoms with Crippen molar-refractivity contribution < 1.29 is 27.5 Å². The number of piperazine rings is 1. The normalized spacial score (nSPS) is 18.0. The average Bonchev–Trinajstić information content (AvgIpc) is 3.02. The van der Waals surface area contributed by atoms with Crippen molar-refractivity contribution in [1.29, 1.82) is 0 Å². The number of phenolic OH excluding ortho intramolecular Hbond substituents is 1. The lowest BCUT2D eigenvalue weighted by Crippen LogP contribution is -2.60. The Morgan fingerprint density at radius 1 is 1.06 bits per heavy atom. The quantitative estimate of drug-likeness (QED) is 0.228. The van der Waals surface area contributed by atoms with Crippen molar-refractivity contribution in [3.63, 3.8) is 0 Å². The Morgan fingerprint density at radius 3 is 2.47 bits per heavy atom. The highest BCUT2D eigenvalue weighted by atomic mass is 19.2. The van der Waals surface area contributed by atoms with Crippen LogP contribution in [-0.2, 0) is 4.79 Å². The van der Waals surface area contributed by atoms with E-state index in [1.54, 1.807) is 36.0 Å². The molecule has 0 saturated carbocycles. The third kappa shape index (κ3) is 4.90. The Hall–Kier alpha value is -4.94. The van der Waals surface area contributed by atoms with Gasteiger partial charge in [-0.1, -0.05) is 20.4 Å². The van der Waals surface area contributed by atoms with E-state index in [9.17, 15) is 19.1 Å². The molecule has 2 unspecified atom stereocenters. The molecule has 1 N–H and O–H groups in total. The van der Waals surface area contributed by atoms with Gasteiger partial charge in [-0.2, -0.15) is 4.98 Å². The van der Waals surface area contributed by atoms with E-state index >= 15 is 13.2 Å². The number of anilines is 2. The van der Waals surface area contributed by atoms with Crippen LogP contribution in [0.4, 0.5) is 29.1 Å². The molecule has 6 rings (SSSR count). The van der Waals surface area contributed by atoms with Crippen LogP contribution in [0.1, 0.15) is 44.4 Å². The Morgan fingerprint density at radius 2 is 1.79 bits per heavy atom. The number of aromatic nitrogens is 3. The number of amides is 1. The number of hydrogen-bond donors (Lipinski definition) is 1. The fourth-order valence-corrected chi connectivity index (χ4v) is 6.86. The third-order valence-electron chi connectivity index (χ3n) is 9.17. The Kier molecular flexibility index (Phi) is 7.97. The molecule has 2 aliphatic rings. The van der Waals surface area contributed by atoms with Gasteiger partial charge in [-0.05, 0) is 56.0 Å². The topological polar surface area (TPSA) is 94.8 Å². The number of carbonyl (C=O) groups excluding carboxylic acids is 1. The van der Waals surface area contributed by atoms with Crippen LogP contribution in [0.15, 0.2) is 41.8 Å². The maximum atomic E-state index is 17.3. The Balaban J connectivity index is 1.81. The second kappa shape index (κ2) is 11.7. The number of hydrogen-bond acceptors (Lipinski definition) is 7. The average molecular weight is 651 g/mol. The molecule has 246 valence electrons. The molecule has 0 radical (unpaired) electrons. The minimum Gasteiger partial charge on any atom is -0.507 e. The molecule has 9 nitrogen and oxygen atoms in total. The van der Waals surface area contributed by atoms with Crippen LogP contribution in [0.2, 0.25) is 0 Å². The van der Waals surface area contributed by atoms with Crippen molar-refractivity contribution in [2.45, 2.75) is 52.1 Å². The summed E-state index contributed by atoms with van der Waals surface area (Å²) in [5.41, 5.74) is -2.41. The van der Waals surface area contributed by atoms with Crippen LogP contribution in [0.5, 0.6) is 5.75 Å². The summed E-state index contributed by atoms with van der Waals surface area (Å²) in [5.74, 6) is -7.14. The third-order valence-corrected chi connectivity index (χ3v) is 9.17. The van der Waals surface area contributed by atoms with Crippen LogP contribution in [-0.4, -0.2) is 69.2 Å². The summed E-state index contributed by atoms with van der Waals surface area (Å²) in [4.78, 5) is 40.9. The molecule has 2 aliphatic heterocycles. The highest BCUT2D eigenvalue weighted by Crippen LogP contribution is 2.47. The van der Waals surface area contributed by atoms with Gasteiger partial charge >= 0.3 is 5.69 Å². The van der Waals surface area contributed by atoms with Crippen LogP contribution in [0.25, 0.3) is 27.7 Å². The Labute approximate surface area is 268 Å². The maximum Gasteiger partial charge on any atom is 0.354 e. The van der Waals surface area contributed by atoms with Gasteiger partial charge in [-0.25, -0.2) is 22.4 Å². The first kappa shape index (κ1) is 32.0. The summed E-state index contributed by atoms with van der Waals surface area (Å²) >= 11 is 0.